The highest BCUT2D eigenvalue weighted by atomic mass is 16.5. The Morgan fingerprint density at radius 3 is 2.38 bits per heavy atom. The summed E-state index contributed by atoms with van der Waals surface area (Å²) in [6, 6.07) is 8.37. The largest absolute Gasteiger partial charge is 0.464 e. The van der Waals surface area contributed by atoms with Crippen LogP contribution in [0.3, 0.4) is 0 Å². The van der Waals surface area contributed by atoms with Gasteiger partial charge in [-0.25, -0.2) is 5.84 Å². The van der Waals surface area contributed by atoms with Crippen molar-refractivity contribution in [2.75, 3.05) is 17.3 Å². The molecule has 4 N–H and O–H groups in total. The minimum absolute atomic E-state index is 0.227. The van der Waals surface area contributed by atoms with E-state index in [1.165, 1.54) is 5.56 Å². The van der Waals surface area contributed by atoms with Crippen molar-refractivity contribution in [1.29, 1.82) is 0 Å². The van der Waals surface area contributed by atoms with Crippen LogP contribution in [0, 0.1) is 0 Å². The fraction of sp³-hybridized carbons (Fsp3) is 0.357. The highest BCUT2D eigenvalue weighted by molar-refractivity contribution is 5.54. The van der Waals surface area contributed by atoms with Crippen molar-refractivity contribution >= 4 is 17.6 Å². The molecule has 1 aromatic heterocycles. The average Bonchev–Trinajstić information content (AvgIpc) is 2.49. The van der Waals surface area contributed by atoms with Crippen molar-refractivity contribution in [2.24, 2.45) is 5.84 Å². The molecule has 0 atom stereocenters. The Morgan fingerprint density at radius 2 is 1.76 bits per heavy atom. The molecule has 112 valence electrons. The SMILES string of the molecule is CCCc1ccc(Nc2nc(NN)nc(OCC)n2)cc1. The van der Waals surface area contributed by atoms with Crippen LogP contribution in [0.15, 0.2) is 24.3 Å². The normalized spacial score (nSPS) is 10.2. The van der Waals surface area contributed by atoms with Gasteiger partial charge >= 0.3 is 6.01 Å². The average molecular weight is 288 g/mol. The van der Waals surface area contributed by atoms with Gasteiger partial charge in [-0.2, -0.15) is 15.0 Å². The number of aromatic nitrogens is 3. The van der Waals surface area contributed by atoms with Crippen molar-refractivity contribution in [2.45, 2.75) is 26.7 Å². The molecule has 2 aromatic rings. The lowest BCUT2D eigenvalue weighted by molar-refractivity contribution is 0.312. The first-order valence-corrected chi connectivity index (χ1v) is 6.96. The van der Waals surface area contributed by atoms with Crippen molar-refractivity contribution in [3.8, 4) is 6.01 Å². The van der Waals surface area contributed by atoms with E-state index in [-0.39, 0.29) is 12.0 Å². The summed E-state index contributed by atoms with van der Waals surface area (Å²) >= 11 is 0. The van der Waals surface area contributed by atoms with Gasteiger partial charge in [-0.1, -0.05) is 25.5 Å². The lowest BCUT2D eigenvalue weighted by Gasteiger charge is -2.09. The fourth-order valence-corrected chi connectivity index (χ4v) is 1.84. The van der Waals surface area contributed by atoms with Crippen molar-refractivity contribution < 1.29 is 4.74 Å². The third kappa shape index (κ3) is 4.28. The topological polar surface area (TPSA) is 98.0 Å². The Labute approximate surface area is 123 Å². The number of ether oxygens (including phenoxy) is 1. The Bertz CT molecular complexity index is 572. The lowest BCUT2D eigenvalue weighted by atomic mass is 10.1. The van der Waals surface area contributed by atoms with Crippen LogP contribution in [-0.2, 0) is 6.42 Å². The summed E-state index contributed by atoms with van der Waals surface area (Å²) in [5.74, 6) is 5.97. The molecular formula is C14H20N6O. The second-order valence-corrected chi connectivity index (χ2v) is 4.41. The van der Waals surface area contributed by atoms with Gasteiger partial charge in [0, 0.05) is 5.69 Å². The summed E-state index contributed by atoms with van der Waals surface area (Å²) in [5, 5.41) is 3.11. The quantitative estimate of drug-likeness (QED) is 0.531. The number of hydrogen-bond acceptors (Lipinski definition) is 7. The molecule has 21 heavy (non-hydrogen) atoms. The maximum absolute atomic E-state index is 5.34. The molecule has 1 aromatic carbocycles. The summed E-state index contributed by atoms with van der Waals surface area (Å²) in [6.07, 6.45) is 2.20. The van der Waals surface area contributed by atoms with E-state index >= 15 is 0 Å². The summed E-state index contributed by atoms with van der Waals surface area (Å²) in [6.45, 7) is 4.49. The number of nitrogens with two attached hydrogens (primary N) is 1. The first-order chi connectivity index (χ1) is 10.2. The predicted molar refractivity (Wildman–Crippen MR) is 82.5 cm³/mol. The van der Waals surface area contributed by atoms with Crippen molar-refractivity contribution in [3.63, 3.8) is 0 Å². The van der Waals surface area contributed by atoms with E-state index in [1.807, 2.05) is 19.1 Å². The van der Waals surface area contributed by atoms with Gasteiger partial charge in [-0.15, -0.1) is 0 Å². The summed E-state index contributed by atoms with van der Waals surface area (Å²) in [4.78, 5) is 12.3. The van der Waals surface area contributed by atoms with E-state index in [9.17, 15) is 0 Å². The molecule has 7 heteroatoms. The Balaban J connectivity index is 2.15. The molecule has 0 aliphatic heterocycles. The minimum atomic E-state index is 0.227. The van der Waals surface area contributed by atoms with Crippen LogP contribution in [0.2, 0.25) is 0 Å². The van der Waals surface area contributed by atoms with E-state index < -0.39 is 0 Å². The number of anilines is 3. The van der Waals surface area contributed by atoms with E-state index in [4.69, 9.17) is 10.6 Å². The van der Waals surface area contributed by atoms with Gasteiger partial charge in [0.25, 0.3) is 0 Å². The van der Waals surface area contributed by atoms with Crippen LogP contribution in [0.1, 0.15) is 25.8 Å². The van der Waals surface area contributed by atoms with Crippen LogP contribution >= 0.6 is 0 Å². The highest BCUT2D eigenvalue weighted by Gasteiger charge is 2.06. The molecule has 0 amide bonds. The van der Waals surface area contributed by atoms with Gasteiger partial charge in [-0.05, 0) is 31.0 Å². The number of nitrogens with one attached hydrogen (secondary N) is 2. The molecule has 0 unspecified atom stereocenters. The molecule has 0 saturated heterocycles. The number of aryl methyl sites for hydroxylation is 1. The smallest absolute Gasteiger partial charge is 0.323 e. The second kappa shape index (κ2) is 7.39. The standard InChI is InChI=1S/C14H20N6O/c1-3-5-10-6-8-11(9-7-10)16-12-17-13(20-15)19-14(18-12)21-4-2/h6-9H,3-5,15H2,1-2H3,(H2,16,17,18,19,20). The molecule has 0 fully saturated rings. The number of hydrogen-bond donors (Lipinski definition) is 3. The molecule has 0 aliphatic carbocycles. The van der Waals surface area contributed by atoms with Gasteiger partial charge in [-0.3, -0.25) is 5.43 Å². The molecule has 0 bridgehead atoms. The molecule has 0 spiro atoms. The van der Waals surface area contributed by atoms with Gasteiger partial charge < -0.3 is 10.1 Å². The van der Waals surface area contributed by atoms with E-state index in [0.717, 1.165) is 18.5 Å². The maximum Gasteiger partial charge on any atom is 0.323 e. The lowest BCUT2D eigenvalue weighted by Crippen LogP contribution is -2.13. The second-order valence-electron chi connectivity index (χ2n) is 4.41. The molecule has 7 nitrogen and oxygen atoms in total. The Kier molecular flexibility index (Phi) is 5.28. The van der Waals surface area contributed by atoms with Gasteiger partial charge in [0.1, 0.15) is 0 Å². The first-order valence-electron chi connectivity index (χ1n) is 6.96. The summed E-state index contributed by atoms with van der Waals surface area (Å²) in [5.41, 5.74) is 4.59. The van der Waals surface area contributed by atoms with E-state index in [1.54, 1.807) is 0 Å². The Morgan fingerprint density at radius 1 is 1.05 bits per heavy atom. The Hall–Kier alpha value is -2.41. The van der Waals surface area contributed by atoms with Crippen LogP contribution in [0.25, 0.3) is 0 Å². The zero-order chi connectivity index (χ0) is 15.1. The number of hydrazine groups is 1. The van der Waals surface area contributed by atoms with Gasteiger partial charge in [0.2, 0.25) is 11.9 Å². The highest BCUT2D eigenvalue weighted by Crippen LogP contribution is 2.17. The number of nitrogens with zero attached hydrogens (tertiary/aromatic N) is 3. The van der Waals surface area contributed by atoms with Crippen molar-refractivity contribution in [3.05, 3.63) is 29.8 Å². The first kappa shape index (κ1) is 15.0. The third-order valence-corrected chi connectivity index (χ3v) is 2.77. The molecule has 0 aliphatic rings. The monoisotopic (exact) mass is 288 g/mol. The molecule has 1 heterocycles. The van der Waals surface area contributed by atoms with Crippen LogP contribution in [0.4, 0.5) is 17.6 Å². The number of benzene rings is 1. The minimum Gasteiger partial charge on any atom is -0.464 e. The van der Waals surface area contributed by atoms with Gasteiger partial charge in [0.05, 0.1) is 6.61 Å². The number of rotatable bonds is 7. The van der Waals surface area contributed by atoms with Crippen LogP contribution in [-0.4, -0.2) is 21.6 Å². The van der Waals surface area contributed by atoms with Crippen molar-refractivity contribution in [1.82, 2.24) is 15.0 Å². The predicted octanol–water partition coefficient (Wildman–Crippen LogP) is 2.25. The van der Waals surface area contributed by atoms with E-state index in [0.29, 0.717) is 12.6 Å². The molecule has 0 saturated carbocycles. The zero-order valence-electron chi connectivity index (χ0n) is 12.3. The van der Waals surface area contributed by atoms with Crippen LogP contribution < -0.4 is 21.3 Å². The van der Waals surface area contributed by atoms with Gasteiger partial charge in [0.15, 0.2) is 0 Å². The zero-order valence-corrected chi connectivity index (χ0v) is 12.3. The molecule has 0 radical (unpaired) electrons. The van der Waals surface area contributed by atoms with E-state index in [2.05, 4.69) is 44.8 Å². The fourth-order valence-electron chi connectivity index (χ4n) is 1.84. The summed E-state index contributed by atoms with van der Waals surface area (Å²) < 4.78 is 5.28. The molecular weight excluding hydrogens is 268 g/mol. The third-order valence-electron chi connectivity index (χ3n) is 2.77. The maximum atomic E-state index is 5.34. The number of nitrogen functional groups attached to an aromatic ring is 1. The summed E-state index contributed by atoms with van der Waals surface area (Å²) in [7, 11) is 0. The molecule has 2 rings (SSSR count). The van der Waals surface area contributed by atoms with Crippen LogP contribution in [0.5, 0.6) is 6.01 Å².